The largest absolute Gasteiger partial charge is 0.391 e. The standard InChI is InChI=1S/C14H27NO/c1-5-6-9-15-11-10-7-8-14(4,12(11)16)13(10,2)3/h10-12,15-16H,5-9H2,1-4H3/t10-,11-,12+,14-/m0/s1. The Hall–Kier alpha value is -0.0800. The van der Waals surface area contributed by atoms with Crippen LogP contribution < -0.4 is 5.32 Å². The first-order valence-electron chi connectivity index (χ1n) is 6.86. The molecular weight excluding hydrogens is 198 g/mol. The highest BCUT2D eigenvalue weighted by Crippen LogP contribution is 2.65. The minimum Gasteiger partial charge on any atom is -0.391 e. The molecule has 94 valence electrons. The highest BCUT2D eigenvalue weighted by molar-refractivity contribution is 5.16. The van der Waals surface area contributed by atoms with E-state index < -0.39 is 0 Å². The van der Waals surface area contributed by atoms with Crippen molar-refractivity contribution in [3.8, 4) is 0 Å². The van der Waals surface area contributed by atoms with Gasteiger partial charge >= 0.3 is 0 Å². The molecule has 2 fully saturated rings. The highest BCUT2D eigenvalue weighted by Gasteiger charge is 2.65. The van der Waals surface area contributed by atoms with Crippen molar-refractivity contribution in [2.24, 2.45) is 16.7 Å². The Balaban J connectivity index is 2.07. The minimum atomic E-state index is -0.155. The zero-order valence-electron chi connectivity index (χ0n) is 11.2. The Bertz CT molecular complexity index is 263. The predicted molar refractivity (Wildman–Crippen MR) is 67.3 cm³/mol. The molecule has 0 aromatic rings. The quantitative estimate of drug-likeness (QED) is 0.721. The van der Waals surface area contributed by atoms with E-state index in [1.54, 1.807) is 0 Å². The Morgan fingerprint density at radius 1 is 1.31 bits per heavy atom. The average molecular weight is 225 g/mol. The van der Waals surface area contributed by atoms with Crippen molar-refractivity contribution in [1.29, 1.82) is 0 Å². The topological polar surface area (TPSA) is 32.3 Å². The summed E-state index contributed by atoms with van der Waals surface area (Å²) in [6, 6.07) is 0.334. The molecule has 2 nitrogen and oxygen atoms in total. The number of aliphatic hydroxyl groups is 1. The van der Waals surface area contributed by atoms with Gasteiger partial charge in [-0.05, 0) is 37.1 Å². The second-order valence-electron chi connectivity index (χ2n) is 6.56. The first-order valence-corrected chi connectivity index (χ1v) is 6.86. The normalized spacial score (nSPS) is 45.2. The van der Waals surface area contributed by atoms with E-state index in [0.29, 0.717) is 12.0 Å². The summed E-state index contributed by atoms with van der Waals surface area (Å²) in [4.78, 5) is 0. The van der Waals surface area contributed by atoms with E-state index in [4.69, 9.17) is 0 Å². The second kappa shape index (κ2) is 3.99. The highest BCUT2D eigenvalue weighted by atomic mass is 16.3. The molecular formula is C14H27NO. The fourth-order valence-corrected chi connectivity index (χ4v) is 4.04. The van der Waals surface area contributed by atoms with Gasteiger partial charge in [0.05, 0.1) is 6.10 Å². The molecule has 0 radical (unpaired) electrons. The van der Waals surface area contributed by atoms with Gasteiger partial charge in [0.2, 0.25) is 0 Å². The summed E-state index contributed by atoms with van der Waals surface area (Å²) in [5, 5.41) is 14.1. The van der Waals surface area contributed by atoms with Gasteiger partial charge in [-0.25, -0.2) is 0 Å². The van der Waals surface area contributed by atoms with E-state index >= 15 is 0 Å². The lowest BCUT2D eigenvalue weighted by molar-refractivity contribution is 0.000131. The van der Waals surface area contributed by atoms with Gasteiger partial charge in [-0.3, -0.25) is 0 Å². The third-order valence-corrected chi connectivity index (χ3v) is 5.71. The van der Waals surface area contributed by atoms with Crippen LogP contribution in [0.1, 0.15) is 53.4 Å². The molecule has 16 heavy (non-hydrogen) atoms. The molecule has 0 aromatic heterocycles. The zero-order chi connectivity index (χ0) is 12.0. The SMILES string of the molecule is CCCCN[C@@H]1[C@@H](O)[C@]2(C)CC[C@@H]1C2(C)C. The molecule has 2 N–H and O–H groups in total. The maximum atomic E-state index is 10.5. The first-order chi connectivity index (χ1) is 7.45. The average Bonchev–Trinajstić information content (AvgIpc) is 2.53. The Morgan fingerprint density at radius 2 is 2.00 bits per heavy atom. The number of hydrogen-bond donors (Lipinski definition) is 2. The van der Waals surface area contributed by atoms with Crippen molar-refractivity contribution < 1.29 is 5.11 Å². The molecule has 2 aliphatic rings. The first kappa shape index (κ1) is 12.4. The molecule has 0 unspecified atom stereocenters. The van der Waals surface area contributed by atoms with Crippen molar-refractivity contribution >= 4 is 0 Å². The molecule has 0 saturated heterocycles. The predicted octanol–water partition coefficient (Wildman–Crippen LogP) is 2.56. The van der Waals surface area contributed by atoms with Crippen molar-refractivity contribution in [3.05, 3.63) is 0 Å². The van der Waals surface area contributed by atoms with E-state index in [1.807, 2.05) is 0 Å². The van der Waals surface area contributed by atoms with Crippen LogP contribution in [0.5, 0.6) is 0 Å². The molecule has 0 aromatic carbocycles. The van der Waals surface area contributed by atoms with Crippen molar-refractivity contribution in [2.45, 2.75) is 65.5 Å². The zero-order valence-corrected chi connectivity index (χ0v) is 11.2. The van der Waals surface area contributed by atoms with Crippen LogP contribution in [0.4, 0.5) is 0 Å². The van der Waals surface area contributed by atoms with E-state index in [2.05, 4.69) is 33.0 Å². The van der Waals surface area contributed by atoms with Crippen LogP contribution in [0, 0.1) is 16.7 Å². The second-order valence-corrected chi connectivity index (χ2v) is 6.56. The van der Waals surface area contributed by atoms with Gasteiger partial charge in [0.1, 0.15) is 0 Å². The number of nitrogens with one attached hydrogen (secondary N) is 1. The number of aliphatic hydroxyl groups excluding tert-OH is 1. The molecule has 0 amide bonds. The number of hydrogen-bond acceptors (Lipinski definition) is 2. The summed E-state index contributed by atoms with van der Waals surface area (Å²) >= 11 is 0. The van der Waals surface area contributed by atoms with Gasteiger partial charge in [0, 0.05) is 11.5 Å². The van der Waals surface area contributed by atoms with Crippen LogP contribution in [-0.2, 0) is 0 Å². The van der Waals surface area contributed by atoms with Gasteiger partial charge in [0.25, 0.3) is 0 Å². The monoisotopic (exact) mass is 225 g/mol. The van der Waals surface area contributed by atoms with Crippen LogP contribution >= 0.6 is 0 Å². The Kier molecular flexibility index (Phi) is 3.09. The Morgan fingerprint density at radius 3 is 2.50 bits per heavy atom. The van der Waals surface area contributed by atoms with Crippen LogP contribution in [0.3, 0.4) is 0 Å². The fraction of sp³-hybridized carbons (Fsp3) is 1.00. The van der Waals surface area contributed by atoms with Crippen LogP contribution in [0.2, 0.25) is 0 Å². The summed E-state index contributed by atoms with van der Waals surface area (Å²) < 4.78 is 0. The molecule has 0 aliphatic heterocycles. The lowest BCUT2D eigenvalue weighted by atomic mass is 9.70. The van der Waals surface area contributed by atoms with Gasteiger partial charge in [-0.1, -0.05) is 34.1 Å². The number of fused-ring (bicyclic) bond motifs is 2. The molecule has 2 aliphatic carbocycles. The number of unbranched alkanes of at least 4 members (excludes halogenated alkanes) is 1. The van der Waals surface area contributed by atoms with Gasteiger partial charge < -0.3 is 10.4 Å². The van der Waals surface area contributed by atoms with E-state index in [0.717, 1.165) is 6.54 Å². The maximum Gasteiger partial charge on any atom is 0.0754 e. The molecule has 2 saturated carbocycles. The minimum absolute atomic E-state index is 0.127. The fourth-order valence-electron chi connectivity index (χ4n) is 4.04. The summed E-state index contributed by atoms with van der Waals surface area (Å²) in [5.41, 5.74) is 0.415. The molecule has 0 spiro atoms. The van der Waals surface area contributed by atoms with E-state index in [9.17, 15) is 5.11 Å². The maximum absolute atomic E-state index is 10.5. The van der Waals surface area contributed by atoms with E-state index in [-0.39, 0.29) is 16.9 Å². The van der Waals surface area contributed by atoms with Crippen molar-refractivity contribution in [1.82, 2.24) is 5.32 Å². The van der Waals surface area contributed by atoms with Crippen molar-refractivity contribution in [3.63, 3.8) is 0 Å². The molecule has 0 heterocycles. The summed E-state index contributed by atoms with van der Waals surface area (Å²) in [7, 11) is 0. The summed E-state index contributed by atoms with van der Waals surface area (Å²) in [5.74, 6) is 0.657. The van der Waals surface area contributed by atoms with Gasteiger partial charge in [-0.15, -0.1) is 0 Å². The van der Waals surface area contributed by atoms with Crippen molar-refractivity contribution in [2.75, 3.05) is 6.54 Å². The molecule has 2 rings (SSSR count). The third-order valence-electron chi connectivity index (χ3n) is 5.71. The summed E-state index contributed by atoms with van der Waals surface area (Å²) in [6.07, 6.45) is 4.76. The van der Waals surface area contributed by atoms with Gasteiger partial charge in [0.15, 0.2) is 0 Å². The molecule has 2 heteroatoms. The van der Waals surface area contributed by atoms with Gasteiger partial charge in [-0.2, -0.15) is 0 Å². The van der Waals surface area contributed by atoms with Crippen LogP contribution in [0.15, 0.2) is 0 Å². The summed E-state index contributed by atoms with van der Waals surface area (Å²) in [6.45, 7) is 10.2. The smallest absolute Gasteiger partial charge is 0.0754 e. The van der Waals surface area contributed by atoms with Crippen LogP contribution in [0.25, 0.3) is 0 Å². The lowest BCUT2D eigenvalue weighted by Gasteiger charge is -2.37. The lowest BCUT2D eigenvalue weighted by Crippen LogP contribution is -2.47. The molecule has 4 atom stereocenters. The van der Waals surface area contributed by atoms with Crippen LogP contribution in [-0.4, -0.2) is 23.8 Å². The third kappa shape index (κ3) is 1.46. The Labute approximate surface area is 99.8 Å². The molecule has 2 bridgehead atoms. The number of rotatable bonds is 4. The van der Waals surface area contributed by atoms with E-state index in [1.165, 1.54) is 25.7 Å².